The standard InChI is InChI=1S/C19H21Cl2N3O2/c20-15-2-1-14(18(21)11-15)12-22-19(26)13-23-7-9-24(10-8-23)16-3-5-17(25)6-4-16/h1-6,11,25H,7-10,12-13H2,(H,22,26). The van der Waals surface area contributed by atoms with Gasteiger partial charge in [0.2, 0.25) is 5.91 Å². The molecular weight excluding hydrogens is 373 g/mol. The van der Waals surface area contributed by atoms with Gasteiger partial charge in [-0.05, 0) is 42.0 Å². The number of nitrogens with zero attached hydrogens (tertiary/aromatic N) is 2. The maximum Gasteiger partial charge on any atom is 0.234 e. The van der Waals surface area contributed by atoms with Crippen LogP contribution in [-0.2, 0) is 11.3 Å². The number of benzene rings is 2. The van der Waals surface area contributed by atoms with Crippen molar-refractivity contribution in [1.82, 2.24) is 10.2 Å². The summed E-state index contributed by atoms with van der Waals surface area (Å²) >= 11 is 12.0. The molecule has 0 bridgehead atoms. The third-order valence-electron chi connectivity index (χ3n) is 4.45. The molecular formula is C19H21Cl2N3O2. The van der Waals surface area contributed by atoms with E-state index in [-0.39, 0.29) is 11.7 Å². The number of hydrogen-bond donors (Lipinski definition) is 2. The smallest absolute Gasteiger partial charge is 0.234 e. The Morgan fingerprint density at radius 1 is 1.04 bits per heavy atom. The van der Waals surface area contributed by atoms with Crippen LogP contribution in [0.4, 0.5) is 5.69 Å². The molecule has 1 amide bonds. The van der Waals surface area contributed by atoms with Gasteiger partial charge >= 0.3 is 0 Å². The van der Waals surface area contributed by atoms with Crippen molar-refractivity contribution >= 4 is 34.8 Å². The Bertz CT molecular complexity index is 760. The van der Waals surface area contributed by atoms with E-state index in [9.17, 15) is 9.90 Å². The summed E-state index contributed by atoms with van der Waals surface area (Å²) in [5, 5.41) is 13.4. The average molecular weight is 394 g/mol. The van der Waals surface area contributed by atoms with Crippen molar-refractivity contribution in [3.05, 3.63) is 58.1 Å². The first-order valence-corrected chi connectivity index (χ1v) is 9.24. The lowest BCUT2D eigenvalue weighted by Crippen LogP contribution is -2.49. The summed E-state index contributed by atoms with van der Waals surface area (Å²) < 4.78 is 0. The summed E-state index contributed by atoms with van der Waals surface area (Å²) in [7, 11) is 0. The van der Waals surface area contributed by atoms with Crippen molar-refractivity contribution in [1.29, 1.82) is 0 Å². The number of phenols is 1. The lowest BCUT2D eigenvalue weighted by atomic mass is 10.2. The van der Waals surface area contributed by atoms with E-state index in [1.54, 1.807) is 24.3 Å². The van der Waals surface area contributed by atoms with Crippen LogP contribution in [0, 0.1) is 0 Å². The monoisotopic (exact) mass is 393 g/mol. The minimum absolute atomic E-state index is 0.0194. The molecule has 0 spiro atoms. The molecule has 5 nitrogen and oxygen atoms in total. The molecule has 1 saturated heterocycles. The van der Waals surface area contributed by atoms with E-state index in [1.807, 2.05) is 18.2 Å². The fourth-order valence-corrected chi connectivity index (χ4v) is 3.42. The van der Waals surface area contributed by atoms with Gasteiger partial charge in [-0.2, -0.15) is 0 Å². The molecule has 1 heterocycles. The fraction of sp³-hybridized carbons (Fsp3) is 0.316. The first-order chi connectivity index (χ1) is 12.5. The largest absolute Gasteiger partial charge is 0.508 e. The SMILES string of the molecule is O=C(CN1CCN(c2ccc(O)cc2)CC1)NCc1ccc(Cl)cc1Cl. The van der Waals surface area contributed by atoms with Gasteiger partial charge in [0.15, 0.2) is 0 Å². The van der Waals surface area contributed by atoms with Gasteiger partial charge in [0, 0.05) is 48.5 Å². The quantitative estimate of drug-likeness (QED) is 0.818. The normalized spacial score (nSPS) is 15.1. The highest BCUT2D eigenvalue weighted by molar-refractivity contribution is 6.35. The molecule has 0 saturated carbocycles. The molecule has 0 aromatic heterocycles. The number of nitrogens with one attached hydrogen (secondary N) is 1. The molecule has 2 aromatic rings. The van der Waals surface area contributed by atoms with Crippen molar-refractivity contribution in [3.63, 3.8) is 0 Å². The number of halogens is 2. The number of amides is 1. The summed E-state index contributed by atoms with van der Waals surface area (Å²) in [6.07, 6.45) is 0. The van der Waals surface area contributed by atoms with E-state index in [0.29, 0.717) is 23.1 Å². The van der Waals surface area contributed by atoms with E-state index in [0.717, 1.165) is 37.4 Å². The van der Waals surface area contributed by atoms with Crippen LogP contribution in [0.2, 0.25) is 10.0 Å². The Hall–Kier alpha value is -1.95. The molecule has 3 rings (SSSR count). The van der Waals surface area contributed by atoms with Gasteiger partial charge in [0.25, 0.3) is 0 Å². The number of aromatic hydroxyl groups is 1. The third kappa shape index (κ3) is 5.04. The van der Waals surface area contributed by atoms with Gasteiger partial charge < -0.3 is 15.3 Å². The van der Waals surface area contributed by atoms with E-state index in [2.05, 4.69) is 15.1 Å². The molecule has 0 aliphatic carbocycles. The van der Waals surface area contributed by atoms with Gasteiger partial charge in [0.05, 0.1) is 6.54 Å². The highest BCUT2D eigenvalue weighted by atomic mass is 35.5. The molecule has 1 aliphatic heterocycles. The summed E-state index contributed by atoms with van der Waals surface area (Å²) in [5.41, 5.74) is 1.94. The molecule has 0 unspecified atom stereocenters. The molecule has 7 heteroatoms. The molecule has 26 heavy (non-hydrogen) atoms. The topological polar surface area (TPSA) is 55.8 Å². The number of hydrogen-bond acceptors (Lipinski definition) is 4. The van der Waals surface area contributed by atoms with E-state index in [4.69, 9.17) is 23.2 Å². The molecule has 1 fully saturated rings. The van der Waals surface area contributed by atoms with Crippen LogP contribution in [-0.4, -0.2) is 48.6 Å². The number of piperazine rings is 1. The minimum Gasteiger partial charge on any atom is -0.508 e. The summed E-state index contributed by atoms with van der Waals surface area (Å²) in [5.74, 6) is 0.249. The molecule has 0 radical (unpaired) electrons. The highest BCUT2D eigenvalue weighted by Crippen LogP contribution is 2.21. The molecule has 1 aliphatic rings. The van der Waals surface area contributed by atoms with Gasteiger partial charge in [-0.3, -0.25) is 9.69 Å². The Balaban J connectivity index is 1.43. The zero-order valence-electron chi connectivity index (χ0n) is 14.3. The van der Waals surface area contributed by atoms with Crippen molar-refractivity contribution in [2.24, 2.45) is 0 Å². The minimum atomic E-state index is -0.0194. The maximum absolute atomic E-state index is 12.2. The lowest BCUT2D eigenvalue weighted by Gasteiger charge is -2.35. The second-order valence-corrected chi connectivity index (χ2v) is 7.14. The van der Waals surface area contributed by atoms with Crippen LogP contribution in [0.15, 0.2) is 42.5 Å². The predicted molar refractivity (Wildman–Crippen MR) is 105 cm³/mol. The number of phenolic OH excluding ortho intramolecular Hbond substituents is 1. The Morgan fingerprint density at radius 2 is 1.73 bits per heavy atom. The van der Waals surface area contributed by atoms with E-state index >= 15 is 0 Å². The highest BCUT2D eigenvalue weighted by Gasteiger charge is 2.19. The van der Waals surface area contributed by atoms with Gasteiger partial charge in [0.1, 0.15) is 5.75 Å². The van der Waals surface area contributed by atoms with Gasteiger partial charge in [-0.25, -0.2) is 0 Å². The molecule has 2 aromatic carbocycles. The van der Waals surface area contributed by atoms with Gasteiger partial charge in [-0.1, -0.05) is 29.3 Å². The van der Waals surface area contributed by atoms with Crippen LogP contribution in [0.1, 0.15) is 5.56 Å². The predicted octanol–water partition coefficient (Wildman–Crippen LogP) is 3.14. The van der Waals surface area contributed by atoms with E-state index < -0.39 is 0 Å². The zero-order chi connectivity index (χ0) is 18.5. The molecule has 138 valence electrons. The van der Waals surface area contributed by atoms with Crippen LogP contribution < -0.4 is 10.2 Å². The van der Waals surface area contributed by atoms with Gasteiger partial charge in [-0.15, -0.1) is 0 Å². The Morgan fingerprint density at radius 3 is 2.38 bits per heavy atom. The fourth-order valence-electron chi connectivity index (χ4n) is 2.95. The summed E-state index contributed by atoms with van der Waals surface area (Å²) in [6.45, 7) is 4.09. The van der Waals surface area contributed by atoms with Crippen LogP contribution in [0.5, 0.6) is 5.75 Å². The number of rotatable bonds is 5. The number of carbonyl (C=O) groups excluding carboxylic acids is 1. The molecule has 2 N–H and O–H groups in total. The Kier molecular flexibility index (Phi) is 6.25. The zero-order valence-corrected chi connectivity index (χ0v) is 15.8. The van der Waals surface area contributed by atoms with Crippen molar-refractivity contribution < 1.29 is 9.90 Å². The first-order valence-electron chi connectivity index (χ1n) is 8.48. The Labute approximate surface area is 163 Å². The second-order valence-electron chi connectivity index (χ2n) is 6.29. The maximum atomic E-state index is 12.2. The van der Waals surface area contributed by atoms with Crippen LogP contribution in [0.25, 0.3) is 0 Å². The summed E-state index contributed by atoms with van der Waals surface area (Å²) in [4.78, 5) is 16.6. The lowest BCUT2D eigenvalue weighted by molar-refractivity contribution is -0.122. The van der Waals surface area contributed by atoms with Crippen LogP contribution >= 0.6 is 23.2 Å². The average Bonchev–Trinajstić information content (AvgIpc) is 2.62. The molecule has 0 atom stereocenters. The van der Waals surface area contributed by atoms with Crippen molar-refractivity contribution in [2.75, 3.05) is 37.6 Å². The third-order valence-corrected chi connectivity index (χ3v) is 5.03. The van der Waals surface area contributed by atoms with E-state index in [1.165, 1.54) is 0 Å². The first kappa shape index (κ1) is 18.8. The van der Waals surface area contributed by atoms with Crippen molar-refractivity contribution in [3.8, 4) is 5.75 Å². The number of anilines is 1. The number of carbonyl (C=O) groups is 1. The second kappa shape index (κ2) is 8.62. The summed E-state index contributed by atoms with van der Waals surface area (Å²) in [6, 6.07) is 12.5. The van der Waals surface area contributed by atoms with Crippen molar-refractivity contribution in [2.45, 2.75) is 6.54 Å². The van der Waals surface area contributed by atoms with Crippen LogP contribution in [0.3, 0.4) is 0 Å².